The molecule has 3 aromatic carbocycles. The highest BCUT2D eigenvalue weighted by Crippen LogP contribution is 2.37. The number of methoxy groups -OCH3 is 1. The Balaban J connectivity index is 1.58. The molecule has 1 aliphatic rings. The molecule has 1 aliphatic heterocycles. The summed E-state index contributed by atoms with van der Waals surface area (Å²) in [5, 5.41) is 9.72. The fourth-order valence-corrected chi connectivity index (χ4v) is 7.21. The van der Waals surface area contributed by atoms with Crippen molar-refractivity contribution in [2.24, 2.45) is 4.99 Å². The number of esters is 1. The quantitative estimate of drug-likeness (QED) is 0.172. The maximum Gasteiger partial charge on any atom is 0.338 e. The largest absolute Gasteiger partial charge is 0.493 e. The molecule has 1 atom stereocenters. The number of ether oxygens (including phenoxy) is 4. The van der Waals surface area contributed by atoms with Gasteiger partial charge in [0.1, 0.15) is 6.61 Å². The van der Waals surface area contributed by atoms with Crippen LogP contribution in [0, 0.1) is 11.3 Å². The van der Waals surface area contributed by atoms with Gasteiger partial charge >= 0.3 is 5.97 Å². The molecule has 242 valence electrons. The lowest BCUT2D eigenvalue weighted by molar-refractivity contribution is -0.139. The number of allylic oxidation sites excluding steroid dienone is 1. The zero-order chi connectivity index (χ0) is 33.8. The van der Waals surface area contributed by atoms with E-state index in [1.165, 1.54) is 23.0 Å². The highest BCUT2D eigenvalue weighted by atomic mass is 79.9. The second-order valence-electron chi connectivity index (χ2n) is 10.8. The van der Waals surface area contributed by atoms with Gasteiger partial charge in [-0.05, 0) is 91.2 Å². The minimum atomic E-state index is -0.822. The molecule has 1 aromatic heterocycles. The van der Waals surface area contributed by atoms with Crippen LogP contribution < -0.4 is 29.1 Å². The van der Waals surface area contributed by atoms with Crippen molar-refractivity contribution < 1.29 is 23.7 Å². The van der Waals surface area contributed by atoms with Crippen molar-refractivity contribution in [2.75, 3.05) is 13.7 Å². The van der Waals surface area contributed by atoms with Crippen LogP contribution in [0.15, 0.2) is 80.1 Å². The molecule has 2 heterocycles. The summed E-state index contributed by atoms with van der Waals surface area (Å²) in [4.78, 5) is 32.5. The monoisotopic (exact) mass is 735 g/mol. The maximum atomic E-state index is 14.1. The van der Waals surface area contributed by atoms with Crippen LogP contribution in [-0.2, 0) is 16.1 Å². The Kier molecular flexibility index (Phi) is 10.5. The molecule has 47 heavy (non-hydrogen) atoms. The van der Waals surface area contributed by atoms with Gasteiger partial charge in [-0.3, -0.25) is 9.36 Å². The lowest BCUT2D eigenvalue weighted by Gasteiger charge is -2.25. The first-order valence-electron chi connectivity index (χ1n) is 14.7. The van der Waals surface area contributed by atoms with Gasteiger partial charge in [0.05, 0.1) is 62.8 Å². The number of hydrogen-bond donors (Lipinski definition) is 0. The molecular weight excluding hydrogens is 706 g/mol. The van der Waals surface area contributed by atoms with Crippen LogP contribution in [0.5, 0.6) is 17.2 Å². The summed E-state index contributed by atoms with van der Waals surface area (Å²) in [6.07, 6.45) is 1.63. The number of nitriles is 1. The molecule has 0 fully saturated rings. The van der Waals surface area contributed by atoms with Crippen LogP contribution >= 0.6 is 38.9 Å². The molecule has 0 unspecified atom stereocenters. The maximum absolute atomic E-state index is 14.1. The Labute approximate surface area is 289 Å². The summed E-state index contributed by atoms with van der Waals surface area (Å²) in [6, 6.07) is 17.3. The zero-order valence-electron chi connectivity index (χ0n) is 26.3. The summed E-state index contributed by atoms with van der Waals surface area (Å²) in [5.74, 6) is 0.861. The summed E-state index contributed by atoms with van der Waals surface area (Å²) in [6.45, 7) is 7.60. The summed E-state index contributed by atoms with van der Waals surface area (Å²) in [5.41, 5.74) is 2.90. The minimum Gasteiger partial charge on any atom is -0.493 e. The molecule has 0 spiro atoms. The fraction of sp³-hybridized carbons (Fsp3) is 0.257. The van der Waals surface area contributed by atoms with E-state index in [9.17, 15) is 14.9 Å². The van der Waals surface area contributed by atoms with Crippen LogP contribution in [-0.4, -0.2) is 30.4 Å². The number of carbonyl (C=O) groups excluding carboxylic acids is 1. The van der Waals surface area contributed by atoms with E-state index >= 15 is 0 Å². The average molecular weight is 737 g/mol. The van der Waals surface area contributed by atoms with Crippen LogP contribution in [0.25, 0.3) is 6.08 Å². The number of rotatable bonds is 10. The van der Waals surface area contributed by atoms with Gasteiger partial charge in [0, 0.05) is 5.56 Å². The summed E-state index contributed by atoms with van der Waals surface area (Å²) < 4.78 is 25.4. The van der Waals surface area contributed by atoms with Gasteiger partial charge in [-0.1, -0.05) is 47.2 Å². The number of halogens is 2. The number of aromatic nitrogens is 1. The van der Waals surface area contributed by atoms with E-state index in [1.807, 2.05) is 32.0 Å². The first-order valence-corrected chi connectivity index (χ1v) is 16.7. The van der Waals surface area contributed by atoms with Gasteiger partial charge in [-0.15, -0.1) is 0 Å². The number of fused-ring (bicyclic) bond motifs is 1. The molecule has 0 N–H and O–H groups in total. The molecule has 0 amide bonds. The second-order valence-corrected chi connectivity index (χ2v) is 13.0. The molecule has 9 nitrogen and oxygen atoms in total. The highest BCUT2D eigenvalue weighted by Gasteiger charge is 2.34. The highest BCUT2D eigenvalue weighted by molar-refractivity contribution is 9.10. The summed E-state index contributed by atoms with van der Waals surface area (Å²) >= 11 is 11.4. The number of nitrogens with zero attached hydrogens (tertiary/aromatic N) is 3. The lowest BCUT2D eigenvalue weighted by atomic mass is 9.95. The Hall–Kier alpha value is -4.37. The smallest absolute Gasteiger partial charge is 0.338 e. The van der Waals surface area contributed by atoms with Crippen LogP contribution in [0.1, 0.15) is 56.0 Å². The molecule has 12 heteroatoms. The molecule has 0 bridgehead atoms. The fourth-order valence-electron chi connectivity index (χ4n) is 5.17. The predicted molar refractivity (Wildman–Crippen MR) is 184 cm³/mol. The standard InChI is InChI=1S/C35H31BrClN3O6S/c1-6-44-34(42)30-20(4)39-35-40(31(30)22-11-12-27(46-19(2)3)28(16-22)43-5)33(41)29(47-35)15-21-13-25(36)32(26(37)14-21)45-18-24-10-8-7-9-23(24)17-38/h7-16,19,31H,6,18H2,1-5H3/b29-15-/t31-/m1/s1. The third-order valence-electron chi connectivity index (χ3n) is 7.21. The van der Waals surface area contributed by atoms with E-state index in [-0.39, 0.29) is 30.5 Å². The zero-order valence-corrected chi connectivity index (χ0v) is 29.5. The van der Waals surface area contributed by atoms with Crippen molar-refractivity contribution in [3.05, 3.63) is 117 Å². The Bertz CT molecular complexity index is 2090. The molecule has 0 radical (unpaired) electrons. The number of carbonyl (C=O) groups is 1. The predicted octanol–water partition coefficient (Wildman–Crippen LogP) is 6.46. The van der Waals surface area contributed by atoms with Crippen molar-refractivity contribution in [2.45, 2.75) is 46.4 Å². The Morgan fingerprint density at radius 1 is 1.19 bits per heavy atom. The topological polar surface area (TPSA) is 112 Å². The van der Waals surface area contributed by atoms with Gasteiger partial charge in [0.25, 0.3) is 5.56 Å². The number of thiazole rings is 1. The first kappa shape index (κ1) is 34.0. The van der Waals surface area contributed by atoms with Gasteiger partial charge in [-0.2, -0.15) is 5.26 Å². The molecular formula is C35H31BrClN3O6S. The molecule has 5 rings (SSSR count). The third kappa shape index (κ3) is 7.15. The number of hydrogen-bond acceptors (Lipinski definition) is 9. The third-order valence-corrected chi connectivity index (χ3v) is 9.06. The van der Waals surface area contributed by atoms with E-state index in [4.69, 9.17) is 30.5 Å². The first-order chi connectivity index (χ1) is 22.6. The summed E-state index contributed by atoms with van der Waals surface area (Å²) in [7, 11) is 1.54. The van der Waals surface area contributed by atoms with Gasteiger partial charge in [0.2, 0.25) is 0 Å². The van der Waals surface area contributed by atoms with Gasteiger partial charge < -0.3 is 18.9 Å². The SMILES string of the molecule is CCOC(=O)C1=C(C)N=c2s/c(=C\c3cc(Cl)c(OCc4ccccc4C#N)c(Br)c3)c(=O)n2[C@@H]1c1ccc(OC(C)C)c(OC)c1. The van der Waals surface area contributed by atoms with E-state index < -0.39 is 12.0 Å². The van der Waals surface area contributed by atoms with Crippen molar-refractivity contribution >= 4 is 50.9 Å². The van der Waals surface area contributed by atoms with Gasteiger partial charge in [-0.25, -0.2) is 9.79 Å². The van der Waals surface area contributed by atoms with Crippen LogP contribution in [0.4, 0.5) is 0 Å². The van der Waals surface area contributed by atoms with Crippen LogP contribution in [0.3, 0.4) is 0 Å². The van der Waals surface area contributed by atoms with Crippen molar-refractivity contribution in [1.29, 1.82) is 5.26 Å². The van der Waals surface area contributed by atoms with E-state index in [0.717, 1.165) is 5.56 Å². The molecule has 0 saturated carbocycles. The normalized spacial score (nSPS) is 14.4. The Morgan fingerprint density at radius 2 is 1.96 bits per heavy atom. The average Bonchev–Trinajstić information content (AvgIpc) is 3.33. The number of benzene rings is 3. The molecule has 0 saturated heterocycles. The van der Waals surface area contributed by atoms with Gasteiger partial charge in [0.15, 0.2) is 22.0 Å². The second kappa shape index (κ2) is 14.6. The van der Waals surface area contributed by atoms with Crippen LogP contribution in [0.2, 0.25) is 5.02 Å². The van der Waals surface area contributed by atoms with E-state index in [1.54, 1.807) is 56.3 Å². The minimum absolute atomic E-state index is 0.0842. The van der Waals surface area contributed by atoms with Crippen molar-refractivity contribution in [3.63, 3.8) is 0 Å². The molecule has 0 aliphatic carbocycles. The van der Waals surface area contributed by atoms with E-state index in [0.29, 0.717) is 58.5 Å². The Morgan fingerprint density at radius 3 is 2.64 bits per heavy atom. The van der Waals surface area contributed by atoms with E-state index in [2.05, 4.69) is 27.0 Å². The van der Waals surface area contributed by atoms with Crippen molar-refractivity contribution in [3.8, 4) is 23.3 Å². The van der Waals surface area contributed by atoms with Crippen molar-refractivity contribution in [1.82, 2.24) is 4.57 Å². The molecule has 4 aromatic rings. The lowest BCUT2D eigenvalue weighted by Crippen LogP contribution is -2.40.